The fraction of sp³-hybridized carbons (Fsp3) is 0.409. The van der Waals surface area contributed by atoms with Crippen LogP contribution in [0.4, 0.5) is 5.69 Å². The highest BCUT2D eigenvalue weighted by atomic mass is 16.5. The molecule has 0 spiro atoms. The van der Waals surface area contributed by atoms with Crippen molar-refractivity contribution in [3.63, 3.8) is 0 Å². The van der Waals surface area contributed by atoms with Crippen LogP contribution in [0, 0.1) is 0 Å². The highest BCUT2D eigenvalue weighted by Crippen LogP contribution is 2.28. The molecule has 0 unspecified atom stereocenters. The van der Waals surface area contributed by atoms with Crippen LogP contribution in [-0.2, 0) is 11.3 Å². The maximum absolute atomic E-state index is 12.7. The molecule has 1 N–H and O–H groups in total. The molecule has 2 aromatic carbocycles. The highest BCUT2D eigenvalue weighted by Gasteiger charge is 2.35. The topological polar surface area (TPSA) is 53.0 Å². The van der Waals surface area contributed by atoms with Gasteiger partial charge < -0.3 is 14.7 Å². The van der Waals surface area contributed by atoms with E-state index in [1.165, 1.54) is 5.56 Å². The van der Waals surface area contributed by atoms with Crippen molar-refractivity contribution in [3.8, 4) is 5.75 Å². The Labute approximate surface area is 161 Å². The lowest BCUT2D eigenvalue weighted by Gasteiger charge is -2.38. The second kappa shape index (κ2) is 8.55. The van der Waals surface area contributed by atoms with Crippen molar-refractivity contribution >= 4 is 11.6 Å². The van der Waals surface area contributed by atoms with Crippen LogP contribution in [0.25, 0.3) is 0 Å². The number of anilines is 1. The van der Waals surface area contributed by atoms with Gasteiger partial charge in [0.15, 0.2) is 0 Å². The van der Waals surface area contributed by atoms with Crippen LogP contribution in [0.5, 0.6) is 5.75 Å². The zero-order valence-electron chi connectivity index (χ0n) is 16.1. The Bertz CT molecular complexity index is 738. The average molecular weight is 368 g/mol. The third-order valence-corrected chi connectivity index (χ3v) is 5.35. The fourth-order valence-corrected chi connectivity index (χ4v) is 3.50. The van der Waals surface area contributed by atoms with E-state index in [0.717, 1.165) is 31.1 Å². The largest absolute Gasteiger partial charge is 0.497 e. The first kappa shape index (κ1) is 19.4. The van der Waals surface area contributed by atoms with Gasteiger partial charge in [-0.05, 0) is 42.7 Å². The van der Waals surface area contributed by atoms with E-state index in [1.807, 2.05) is 42.5 Å². The first-order valence-electron chi connectivity index (χ1n) is 9.38. The summed E-state index contributed by atoms with van der Waals surface area (Å²) >= 11 is 0. The molecule has 5 heteroatoms. The summed E-state index contributed by atoms with van der Waals surface area (Å²) in [5.74, 6) is 0.684. The standard InChI is InChI=1S/C22H28N2O3/c1-23(19-8-10-20(27-2)11-9-19)21(25)16-22(26)12-14-24(15-13-22)17-18-6-4-3-5-7-18/h3-11,26H,12-17H2,1-2H3. The summed E-state index contributed by atoms with van der Waals surface area (Å²) in [5.41, 5.74) is 1.15. The Balaban J connectivity index is 1.53. The van der Waals surface area contributed by atoms with E-state index in [9.17, 15) is 9.90 Å². The Hall–Kier alpha value is -2.37. The monoisotopic (exact) mass is 368 g/mol. The number of ether oxygens (including phenoxy) is 1. The minimum Gasteiger partial charge on any atom is -0.497 e. The van der Waals surface area contributed by atoms with Crippen molar-refractivity contribution < 1.29 is 14.6 Å². The molecule has 1 heterocycles. The number of rotatable bonds is 6. The molecule has 0 saturated carbocycles. The second-order valence-electron chi connectivity index (χ2n) is 7.31. The van der Waals surface area contributed by atoms with Crippen LogP contribution in [0.15, 0.2) is 54.6 Å². The molecule has 1 fully saturated rings. The number of hydrogen-bond acceptors (Lipinski definition) is 4. The number of nitrogens with zero attached hydrogens (tertiary/aromatic N) is 2. The normalized spacial score (nSPS) is 16.7. The molecule has 1 aliphatic rings. The van der Waals surface area contributed by atoms with Crippen molar-refractivity contribution in [2.75, 3.05) is 32.1 Å². The quantitative estimate of drug-likeness (QED) is 0.851. The van der Waals surface area contributed by atoms with Gasteiger partial charge in [0.25, 0.3) is 0 Å². The van der Waals surface area contributed by atoms with E-state index >= 15 is 0 Å². The van der Waals surface area contributed by atoms with E-state index in [1.54, 1.807) is 19.1 Å². The Morgan fingerprint density at radius 2 is 1.74 bits per heavy atom. The summed E-state index contributed by atoms with van der Waals surface area (Å²) in [6.45, 7) is 2.48. The number of hydrogen-bond donors (Lipinski definition) is 1. The van der Waals surface area contributed by atoms with Crippen LogP contribution < -0.4 is 9.64 Å². The molecule has 0 aliphatic carbocycles. The van der Waals surface area contributed by atoms with Crippen molar-refractivity contribution in [1.29, 1.82) is 0 Å². The van der Waals surface area contributed by atoms with Gasteiger partial charge in [-0.3, -0.25) is 9.69 Å². The minimum atomic E-state index is -0.926. The number of benzene rings is 2. The summed E-state index contributed by atoms with van der Waals surface area (Å²) in [4.78, 5) is 16.6. The summed E-state index contributed by atoms with van der Waals surface area (Å²) in [5, 5.41) is 10.9. The molecule has 0 bridgehead atoms. The molecular weight excluding hydrogens is 340 g/mol. The lowest BCUT2D eigenvalue weighted by Crippen LogP contribution is -2.47. The van der Waals surface area contributed by atoms with E-state index in [2.05, 4.69) is 17.0 Å². The zero-order chi connectivity index (χ0) is 19.3. The smallest absolute Gasteiger partial charge is 0.229 e. The molecule has 27 heavy (non-hydrogen) atoms. The van der Waals surface area contributed by atoms with Gasteiger partial charge in [-0.15, -0.1) is 0 Å². The molecule has 1 aliphatic heterocycles. The third-order valence-electron chi connectivity index (χ3n) is 5.35. The first-order valence-corrected chi connectivity index (χ1v) is 9.38. The van der Waals surface area contributed by atoms with Gasteiger partial charge in [-0.1, -0.05) is 30.3 Å². The van der Waals surface area contributed by atoms with E-state index in [0.29, 0.717) is 12.8 Å². The second-order valence-corrected chi connectivity index (χ2v) is 7.31. The molecule has 3 rings (SSSR count). The number of carbonyl (C=O) groups is 1. The van der Waals surface area contributed by atoms with Crippen molar-refractivity contribution in [1.82, 2.24) is 4.90 Å². The van der Waals surface area contributed by atoms with E-state index in [-0.39, 0.29) is 12.3 Å². The summed E-state index contributed by atoms with van der Waals surface area (Å²) in [6, 6.07) is 17.7. The van der Waals surface area contributed by atoms with Gasteiger partial charge in [-0.25, -0.2) is 0 Å². The van der Waals surface area contributed by atoms with Gasteiger partial charge >= 0.3 is 0 Å². The summed E-state index contributed by atoms with van der Waals surface area (Å²) in [7, 11) is 3.36. The van der Waals surface area contributed by atoms with Crippen molar-refractivity contribution in [2.24, 2.45) is 0 Å². The number of likely N-dealkylation sites (tertiary alicyclic amines) is 1. The lowest BCUT2D eigenvalue weighted by atomic mass is 9.87. The van der Waals surface area contributed by atoms with E-state index in [4.69, 9.17) is 4.74 Å². The highest BCUT2D eigenvalue weighted by molar-refractivity contribution is 5.93. The van der Waals surface area contributed by atoms with Gasteiger partial charge in [-0.2, -0.15) is 0 Å². The SMILES string of the molecule is COc1ccc(N(C)C(=O)CC2(O)CCN(Cc3ccccc3)CC2)cc1. The van der Waals surface area contributed by atoms with Crippen molar-refractivity contribution in [2.45, 2.75) is 31.4 Å². The Morgan fingerprint density at radius 3 is 2.33 bits per heavy atom. The molecule has 0 radical (unpaired) electrons. The predicted molar refractivity (Wildman–Crippen MR) is 107 cm³/mol. The van der Waals surface area contributed by atoms with Gasteiger partial charge in [0.1, 0.15) is 5.75 Å². The van der Waals surface area contributed by atoms with Crippen LogP contribution >= 0.6 is 0 Å². The molecular formula is C22H28N2O3. The maximum atomic E-state index is 12.7. The molecule has 5 nitrogen and oxygen atoms in total. The maximum Gasteiger partial charge on any atom is 0.229 e. The molecule has 2 aromatic rings. The molecule has 0 atom stereocenters. The Kier molecular flexibility index (Phi) is 6.14. The van der Waals surface area contributed by atoms with Crippen LogP contribution in [0.2, 0.25) is 0 Å². The number of aliphatic hydroxyl groups is 1. The molecule has 0 aromatic heterocycles. The number of carbonyl (C=O) groups excluding carboxylic acids is 1. The van der Waals surface area contributed by atoms with Crippen LogP contribution in [0.3, 0.4) is 0 Å². The van der Waals surface area contributed by atoms with Gasteiger partial charge in [0.2, 0.25) is 5.91 Å². The van der Waals surface area contributed by atoms with Crippen molar-refractivity contribution in [3.05, 3.63) is 60.2 Å². The summed E-state index contributed by atoms with van der Waals surface area (Å²) in [6.07, 6.45) is 1.37. The Morgan fingerprint density at radius 1 is 1.11 bits per heavy atom. The van der Waals surface area contributed by atoms with E-state index < -0.39 is 5.60 Å². The zero-order valence-corrected chi connectivity index (χ0v) is 16.1. The number of amides is 1. The van der Waals surface area contributed by atoms with Gasteiger partial charge in [0, 0.05) is 32.4 Å². The number of methoxy groups -OCH3 is 1. The average Bonchev–Trinajstić information content (AvgIpc) is 2.70. The van der Waals surface area contributed by atoms with Crippen LogP contribution in [0.1, 0.15) is 24.8 Å². The summed E-state index contributed by atoms with van der Waals surface area (Å²) < 4.78 is 5.15. The van der Waals surface area contributed by atoms with Crippen LogP contribution in [-0.4, -0.2) is 48.8 Å². The minimum absolute atomic E-state index is 0.0702. The van der Waals surface area contributed by atoms with Gasteiger partial charge in [0.05, 0.1) is 19.1 Å². The molecule has 1 saturated heterocycles. The first-order chi connectivity index (χ1) is 13.0. The number of piperidine rings is 1. The molecule has 144 valence electrons. The predicted octanol–water partition coefficient (Wildman–Crippen LogP) is 3.08. The molecule has 1 amide bonds. The third kappa shape index (κ3) is 5.08. The fourth-order valence-electron chi connectivity index (χ4n) is 3.50. The lowest BCUT2D eigenvalue weighted by molar-refractivity contribution is -0.125.